The number of carbonyl (C=O) groups is 1. The fourth-order valence-electron chi connectivity index (χ4n) is 2.25. The lowest BCUT2D eigenvalue weighted by atomic mass is 10.1. The van der Waals surface area contributed by atoms with Gasteiger partial charge in [0.2, 0.25) is 5.91 Å². The van der Waals surface area contributed by atoms with Gasteiger partial charge in [0.05, 0.1) is 11.4 Å². The third-order valence-electron chi connectivity index (χ3n) is 3.51. The SMILES string of the molecule is O=C(Cn1nc(-c2ccc(Br)cc2)ccc1=O)Nc1ccc(Cl)cc1F. The highest BCUT2D eigenvalue weighted by atomic mass is 79.9. The van der Waals surface area contributed by atoms with Crippen LogP contribution in [-0.2, 0) is 11.3 Å². The van der Waals surface area contributed by atoms with E-state index >= 15 is 0 Å². The van der Waals surface area contributed by atoms with Gasteiger partial charge in [-0.3, -0.25) is 9.59 Å². The number of halogens is 3. The number of amides is 1. The Morgan fingerprint density at radius 1 is 1.15 bits per heavy atom. The van der Waals surface area contributed by atoms with Crippen molar-refractivity contribution in [2.75, 3.05) is 5.32 Å². The van der Waals surface area contributed by atoms with Crippen LogP contribution in [0.25, 0.3) is 11.3 Å². The Bertz CT molecular complexity index is 1020. The van der Waals surface area contributed by atoms with E-state index in [1.165, 1.54) is 18.2 Å². The smallest absolute Gasteiger partial charge is 0.267 e. The molecule has 0 fully saturated rings. The molecule has 3 aromatic rings. The van der Waals surface area contributed by atoms with Crippen molar-refractivity contribution in [2.24, 2.45) is 0 Å². The number of benzene rings is 2. The molecule has 26 heavy (non-hydrogen) atoms. The molecule has 1 heterocycles. The van der Waals surface area contributed by atoms with Crippen molar-refractivity contribution >= 4 is 39.1 Å². The Labute approximate surface area is 161 Å². The van der Waals surface area contributed by atoms with Crippen molar-refractivity contribution in [3.63, 3.8) is 0 Å². The van der Waals surface area contributed by atoms with Crippen molar-refractivity contribution in [1.82, 2.24) is 9.78 Å². The van der Waals surface area contributed by atoms with E-state index in [-0.39, 0.29) is 17.3 Å². The van der Waals surface area contributed by atoms with Gasteiger partial charge in [0.1, 0.15) is 12.4 Å². The van der Waals surface area contributed by atoms with Gasteiger partial charge in [-0.1, -0.05) is 39.7 Å². The van der Waals surface area contributed by atoms with Crippen molar-refractivity contribution in [1.29, 1.82) is 0 Å². The van der Waals surface area contributed by atoms with Gasteiger partial charge in [0, 0.05) is 21.1 Å². The fraction of sp³-hybridized carbons (Fsp3) is 0.0556. The minimum Gasteiger partial charge on any atom is -0.322 e. The summed E-state index contributed by atoms with van der Waals surface area (Å²) in [4.78, 5) is 24.1. The second-order valence-corrected chi connectivity index (χ2v) is 6.75. The molecule has 0 spiro atoms. The summed E-state index contributed by atoms with van der Waals surface area (Å²) in [6.07, 6.45) is 0. The summed E-state index contributed by atoms with van der Waals surface area (Å²) in [5.41, 5.74) is 0.891. The van der Waals surface area contributed by atoms with E-state index in [2.05, 4.69) is 26.3 Å². The zero-order valence-electron chi connectivity index (χ0n) is 13.2. The van der Waals surface area contributed by atoms with E-state index in [9.17, 15) is 14.0 Å². The van der Waals surface area contributed by atoms with E-state index in [0.717, 1.165) is 20.8 Å². The van der Waals surface area contributed by atoms with E-state index in [1.54, 1.807) is 6.07 Å². The largest absolute Gasteiger partial charge is 0.322 e. The third-order valence-corrected chi connectivity index (χ3v) is 4.27. The molecule has 0 unspecified atom stereocenters. The number of nitrogens with zero attached hydrogens (tertiary/aromatic N) is 2. The summed E-state index contributed by atoms with van der Waals surface area (Å²) < 4.78 is 15.7. The summed E-state index contributed by atoms with van der Waals surface area (Å²) in [5, 5.41) is 6.83. The Morgan fingerprint density at radius 3 is 2.58 bits per heavy atom. The van der Waals surface area contributed by atoms with E-state index in [0.29, 0.717) is 5.69 Å². The molecule has 0 bridgehead atoms. The van der Waals surface area contributed by atoms with Crippen LogP contribution >= 0.6 is 27.5 Å². The molecule has 0 aliphatic carbocycles. The van der Waals surface area contributed by atoms with Gasteiger partial charge in [0.15, 0.2) is 0 Å². The topological polar surface area (TPSA) is 64.0 Å². The second kappa shape index (κ2) is 7.80. The van der Waals surface area contributed by atoms with Gasteiger partial charge in [0.25, 0.3) is 5.56 Å². The van der Waals surface area contributed by atoms with Crippen LogP contribution in [0.15, 0.2) is 63.9 Å². The van der Waals surface area contributed by atoms with Crippen LogP contribution in [0.1, 0.15) is 0 Å². The Morgan fingerprint density at radius 2 is 1.88 bits per heavy atom. The highest BCUT2D eigenvalue weighted by molar-refractivity contribution is 9.10. The van der Waals surface area contributed by atoms with Gasteiger partial charge in [-0.15, -0.1) is 0 Å². The molecule has 5 nitrogen and oxygen atoms in total. The van der Waals surface area contributed by atoms with Crippen LogP contribution in [-0.4, -0.2) is 15.7 Å². The zero-order valence-corrected chi connectivity index (χ0v) is 15.6. The van der Waals surface area contributed by atoms with Gasteiger partial charge >= 0.3 is 0 Å². The first-order chi connectivity index (χ1) is 12.4. The molecule has 0 aliphatic heterocycles. The lowest BCUT2D eigenvalue weighted by Crippen LogP contribution is -2.29. The van der Waals surface area contributed by atoms with Gasteiger partial charge in [-0.2, -0.15) is 5.10 Å². The first-order valence-corrected chi connectivity index (χ1v) is 8.68. The molecule has 2 aromatic carbocycles. The molecule has 132 valence electrons. The monoisotopic (exact) mass is 435 g/mol. The maximum absolute atomic E-state index is 13.8. The minimum atomic E-state index is -0.658. The molecule has 0 saturated heterocycles. The molecule has 0 radical (unpaired) electrons. The summed E-state index contributed by atoms with van der Waals surface area (Å²) in [6.45, 7) is -0.342. The van der Waals surface area contributed by atoms with E-state index in [4.69, 9.17) is 11.6 Å². The first-order valence-electron chi connectivity index (χ1n) is 7.51. The van der Waals surface area contributed by atoms with Crippen LogP contribution in [0, 0.1) is 5.82 Å². The molecular weight excluding hydrogens is 425 g/mol. The summed E-state index contributed by atoms with van der Waals surface area (Å²) in [5.74, 6) is -1.23. The van der Waals surface area contributed by atoms with Crippen LogP contribution < -0.4 is 10.9 Å². The number of hydrogen-bond donors (Lipinski definition) is 1. The highest BCUT2D eigenvalue weighted by Gasteiger charge is 2.11. The van der Waals surface area contributed by atoms with E-state index in [1.807, 2.05) is 24.3 Å². The molecule has 8 heteroatoms. The molecule has 3 rings (SSSR count). The molecule has 0 saturated carbocycles. The molecule has 1 aromatic heterocycles. The Balaban J connectivity index is 1.80. The predicted octanol–water partition coefficient (Wildman–Crippen LogP) is 4.10. The summed E-state index contributed by atoms with van der Waals surface area (Å²) in [6, 6.07) is 14.2. The van der Waals surface area contributed by atoms with Gasteiger partial charge in [-0.25, -0.2) is 9.07 Å². The molecule has 1 N–H and O–H groups in total. The van der Waals surface area contributed by atoms with Crippen LogP contribution in [0.4, 0.5) is 10.1 Å². The predicted molar refractivity (Wildman–Crippen MR) is 102 cm³/mol. The van der Waals surface area contributed by atoms with Crippen molar-refractivity contribution in [2.45, 2.75) is 6.54 Å². The maximum atomic E-state index is 13.8. The number of aromatic nitrogens is 2. The first kappa shape index (κ1) is 18.3. The number of rotatable bonds is 4. The van der Waals surface area contributed by atoms with Crippen LogP contribution in [0.5, 0.6) is 0 Å². The molecule has 0 aliphatic rings. The Hall–Kier alpha value is -2.51. The molecule has 0 atom stereocenters. The summed E-state index contributed by atoms with van der Waals surface area (Å²) in [7, 11) is 0. The highest BCUT2D eigenvalue weighted by Crippen LogP contribution is 2.20. The van der Waals surface area contributed by atoms with Crippen molar-refractivity contribution < 1.29 is 9.18 Å². The zero-order chi connectivity index (χ0) is 18.7. The standard InChI is InChI=1S/C18H12BrClFN3O2/c19-12-3-1-11(2-4-12)15-7-8-18(26)24(23-15)10-17(25)22-16-6-5-13(20)9-14(16)21/h1-9H,10H2,(H,22,25). The number of hydrogen-bond acceptors (Lipinski definition) is 3. The molecule has 1 amide bonds. The lowest BCUT2D eigenvalue weighted by Gasteiger charge is -2.09. The van der Waals surface area contributed by atoms with Gasteiger partial charge < -0.3 is 5.32 Å². The minimum absolute atomic E-state index is 0.0171. The number of nitrogens with one attached hydrogen (secondary N) is 1. The normalized spacial score (nSPS) is 10.6. The fourth-order valence-corrected chi connectivity index (χ4v) is 2.68. The molecular formula is C18H12BrClFN3O2. The average Bonchev–Trinajstić information content (AvgIpc) is 2.60. The number of anilines is 1. The Kier molecular flexibility index (Phi) is 5.49. The summed E-state index contributed by atoms with van der Waals surface area (Å²) >= 11 is 9.03. The third kappa shape index (κ3) is 4.36. The number of carbonyl (C=O) groups excluding carboxylic acids is 1. The van der Waals surface area contributed by atoms with Crippen molar-refractivity contribution in [3.8, 4) is 11.3 Å². The van der Waals surface area contributed by atoms with Gasteiger partial charge in [-0.05, 0) is 36.4 Å². The van der Waals surface area contributed by atoms with Crippen LogP contribution in [0.3, 0.4) is 0 Å². The van der Waals surface area contributed by atoms with Crippen LogP contribution in [0.2, 0.25) is 5.02 Å². The lowest BCUT2D eigenvalue weighted by molar-refractivity contribution is -0.117. The van der Waals surface area contributed by atoms with E-state index < -0.39 is 17.3 Å². The maximum Gasteiger partial charge on any atom is 0.267 e. The van der Waals surface area contributed by atoms with Crippen molar-refractivity contribution in [3.05, 3.63) is 80.3 Å². The average molecular weight is 437 g/mol. The second-order valence-electron chi connectivity index (χ2n) is 5.39. The quantitative estimate of drug-likeness (QED) is 0.670.